The van der Waals surface area contributed by atoms with Crippen LogP contribution in [0.4, 0.5) is 10.5 Å². The van der Waals surface area contributed by atoms with Gasteiger partial charge in [0, 0.05) is 29.7 Å². The molecule has 1 saturated heterocycles. The van der Waals surface area contributed by atoms with Crippen molar-refractivity contribution in [3.05, 3.63) is 63.1 Å². The fourth-order valence-electron chi connectivity index (χ4n) is 2.96. The lowest BCUT2D eigenvalue weighted by Gasteiger charge is -2.42. The molecule has 1 aliphatic rings. The molecule has 0 aromatic heterocycles. The third kappa shape index (κ3) is 3.56. The molecule has 0 bridgehead atoms. The van der Waals surface area contributed by atoms with E-state index >= 15 is 0 Å². The number of hydrogen-bond donors (Lipinski definition) is 1. The lowest BCUT2D eigenvalue weighted by molar-refractivity contribution is 0.194. The van der Waals surface area contributed by atoms with Crippen molar-refractivity contribution < 1.29 is 4.79 Å². The highest BCUT2D eigenvalue weighted by Gasteiger charge is 2.31. The smallest absolute Gasteiger partial charge is 0.314 e. The fraction of sp³-hybridized carbons (Fsp3) is 0.235. The molecule has 0 saturated carbocycles. The van der Waals surface area contributed by atoms with Crippen LogP contribution in [-0.4, -0.2) is 30.6 Å². The summed E-state index contributed by atoms with van der Waals surface area (Å²) < 4.78 is 0. The van der Waals surface area contributed by atoms with Crippen molar-refractivity contribution in [3.63, 3.8) is 0 Å². The standard InChI is InChI=1S/C17H16Cl3N3O/c18-12-3-1-11(2-4-12)16-10-22(17(21)24)7-8-23(16)15-6-5-13(19)9-14(15)20/h1-6,9,16H,7-8,10H2,(H2,21,24). The number of halogens is 3. The van der Waals surface area contributed by atoms with Crippen LogP contribution in [0, 0.1) is 0 Å². The summed E-state index contributed by atoms with van der Waals surface area (Å²) >= 11 is 18.4. The van der Waals surface area contributed by atoms with Crippen molar-refractivity contribution in [2.24, 2.45) is 5.73 Å². The van der Waals surface area contributed by atoms with Crippen LogP contribution in [0.3, 0.4) is 0 Å². The topological polar surface area (TPSA) is 49.6 Å². The lowest BCUT2D eigenvalue weighted by atomic mass is 10.0. The van der Waals surface area contributed by atoms with Crippen LogP contribution < -0.4 is 10.6 Å². The number of nitrogens with zero attached hydrogens (tertiary/aromatic N) is 2. The maximum Gasteiger partial charge on any atom is 0.314 e. The van der Waals surface area contributed by atoms with Gasteiger partial charge in [0.2, 0.25) is 0 Å². The lowest BCUT2D eigenvalue weighted by Crippen LogP contribution is -2.52. The molecule has 0 aliphatic carbocycles. The van der Waals surface area contributed by atoms with Crippen LogP contribution in [0.25, 0.3) is 0 Å². The van der Waals surface area contributed by atoms with E-state index in [4.69, 9.17) is 40.5 Å². The van der Waals surface area contributed by atoms with Crippen LogP contribution in [-0.2, 0) is 0 Å². The summed E-state index contributed by atoms with van der Waals surface area (Å²) in [6.45, 7) is 1.64. The van der Waals surface area contributed by atoms with E-state index in [1.54, 1.807) is 11.0 Å². The Hall–Kier alpha value is -1.62. The fourth-order valence-corrected chi connectivity index (χ4v) is 3.60. The van der Waals surface area contributed by atoms with E-state index < -0.39 is 6.03 Å². The molecule has 1 fully saturated rings. The SMILES string of the molecule is NC(=O)N1CCN(c2ccc(Cl)cc2Cl)C(c2ccc(Cl)cc2)C1. The van der Waals surface area contributed by atoms with Gasteiger partial charge in [0.1, 0.15) is 0 Å². The first-order valence-electron chi connectivity index (χ1n) is 7.47. The highest BCUT2D eigenvalue weighted by molar-refractivity contribution is 6.36. The summed E-state index contributed by atoms with van der Waals surface area (Å²) in [7, 11) is 0. The summed E-state index contributed by atoms with van der Waals surface area (Å²) in [5.41, 5.74) is 7.39. The molecule has 1 heterocycles. The largest absolute Gasteiger partial charge is 0.360 e. The van der Waals surface area contributed by atoms with Gasteiger partial charge in [0.25, 0.3) is 0 Å². The van der Waals surface area contributed by atoms with E-state index in [0.717, 1.165) is 11.3 Å². The second-order valence-corrected chi connectivity index (χ2v) is 6.92. The van der Waals surface area contributed by atoms with Crippen molar-refractivity contribution in [3.8, 4) is 0 Å². The number of rotatable bonds is 2. The van der Waals surface area contributed by atoms with Crippen LogP contribution in [0.5, 0.6) is 0 Å². The molecule has 4 nitrogen and oxygen atoms in total. The molecule has 1 aliphatic heterocycles. The molecule has 126 valence electrons. The number of urea groups is 1. The van der Waals surface area contributed by atoms with Crippen molar-refractivity contribution in [1.29, 1.82) is 0 Å². The van der Waals surface area contributed by atoms with Crippen LogP contribution in [0.15, 0.2) is 42.5 Å². The molecule has 24 heavy (non-hydrogen) atoms. The zero-order valence-corrected chi connectivity index (χ0v) is 15.0. The first-order chi connectivity index (χ1) is 11.5. The van der Waals surface area contributed by atoms with Crippen molar-refractivity contribution >= 4 is 46.5 Å². The number of hydrogen-bond acceptors (Lipinski definition) is 2. The second-order valence-electron chi connectivity index (χ2n) is 5.64. The van der Waals surface area contributed by atoms with Gasteiger partial charge < -0.3 is 15.5 Å². The Labute approximate surface area is 155 Å². The normalized spacial score (nSPS) is 17.9. The number of anilines is 1. The zero-order chi connectivity index (χ0) is 17.3. The van der Waals surface area contributed by atoms with Gasteiger partial charge in [0.05, 0.1) is 16.8 Å². The van der Waals surface area contributed by atoms with E-state index in [-0.39, 0.29) is 6.04 Å². The third-order valence-electron chi connectivity index (χ3n) is 4.17. The summed E-state index contributed by atoms with van der Waals surface area (Å²) in [6, 6.07) is 12.5. The minimum Gasteiger partial charge on any atom is -0.360 e. The van der Waals surface area contributed by atoms with Gasteiger partial charge in [-0.1, -0.05) is 46.9 Å². The Balaban J connectivity index is 1.99. The Bertz CT molecular complexity index is 751. The second kappa shape index (κ2) is 7.09. The molecule has 2 N–H and O–H groups in total. The van der Waals surface area contributed by atoms with Crippen molar-refractivity contribution in [1.82, 2.24) is 4.90 Å². The number of carbonyl (C=O) groups excluding carboxylic acids is 1. The average molecular weight is 385 g/mol. The van der Waals surface area contributed by atoms with Crippen molar-refractivity contribution in [2.75, 3.05) is 24.5 Å². The van der Waals surface area contributed by atoms with Crippen LogP contribution in [0.2, 0.25) is 15.1 Å². The van der Waals surface area contributed by atoms with Gasteiger partial charge in [-0.05, 0) is 35.9 Å². The van der Waals surface area contributed by atoms with E-state index in [1.807, 2.05) is 36.4 Å². The van der Waals surface area contributed by atoms with Crippen LogP contribution >= 0.6 is 34.8 Å². The van der Waals surface area contributed by atoms with Gasteiger partial charge in [-0.15, -0.1) is 0 Å². The molecule has 7 heteroatoms. The molecule has 2 aromatic rings. The predicted molar refractivity (Wildman–Crippen MR) is 99.2 cm³/mol. The van der Waals surface area contributed by atoms with E-state index in [9.17, 15) is 4.79 Å². The number of piperazine rings is 1. The maximum absolute atomic E-state index is 11.6. The first kappa shape index (κ1) is 17.2. The van der Waals surface area contributed by atoms with E-state index in [2.05, 4.69) is 4.90 Å². The highest BCUT2D eigenvalue weighted by Crippen LogP contribution is 2.36. The summed E-state index contributed by atoms with van der Waals surface area (Å²) in [5, 5.41) is 1.83. The number of carbonyl (C=O) groups is 1. The van der Waals surface area contributed by atoms with Crippen LogP contribution in [0.1, 0.15) is 11.6 Å². The highest BCUT2D eigenvalue weighted by atomic mass is 35.5. The summed E-state index contributed by atoms with van der Waals surface area (Å²) in [6.07, 6.45) is 0. The number of primary amides is 1. The average Bonchev–Trinajstić information content (AvgIpc) is 2.55. The molecule has 2 amide bonds. The Kier molecular flexibility index (Phi) is 5.09. The Morgan fingerprint density at radius 2 is 1.67 bits per heavy atom. The zero-order valence-electron chi connectivity index (χ0n) is 12.8. The molecule has 0 radical (unpaired) electrons. The van der Waals surface area contributed by atoms with E-state index in [1.165, 1.54) is 0 Å². The van der Waals surface area contributed by atoms with Crippen molar-refractivity contribution in [2.45, 2.75) is 6.04 Å². The molecule has 2 aromatic carbocycles. The molecule has 1 atom stereocenters. The quantitative estimate of drug-likeness (QED) is 0.823. The minimum absolute atomic E-state index is 0.0674. The van der Waals surface area contributed by atoms with Gasteiger partial charge in [-0.25, -0.2) is 4.79 Å². The van der Waals surface area contributed by atoms with Gasteiger partial charge >= 0.3 is 6.03 Å². The third-order valence-corrected chi connectivity index (χ3v) is 4.96. The predicted octanol–water partition coefficient (Wildman–Crippen LogP) is 4.59. The van der Waals surface area contributed by atoms with E-state index in [0.29, 0.717) is 34.7 Å². The Morgan fingerprint density at radius 3 is 2.29 bits per heavy atom. The molecular formula is C17H16Cl3N3O. The minimum atomic E-state index is -0.421. The number of nitrogens with two attached hydrogens (primary N) is 1. The van der Waals surface area contributed by atoms with Gasteiger partial charge in [0.15, 0.2) is 0 Å². The molecular weight excluding hydrogens is 369 g/mol. The number of benzene rings is 2. The summed E-state index contributed by atoms with van der Waals surface area (Å²) in [5.74, 6) is 0. The summed E-state index contributed by atoms with van der Waals surface area (Å²) in [4.78, 5) is 15.4. The first-order valence-corrected chi connectivity index (χ1v) is 8.60. The van der Waals surface area contributed by atoms with Gasteiger partial charge in [-0.2, -0.15) is 0 Å². The molecule has 0 spiro atoms. The monoisotopic (exact) mass is 383 g/mol. The maximum atomic E-state index is 11.6. The Morgan fingerprint density at radius 1 is 1.00 bits per heavy atom. The molecule has 3 rings (SSSR count). The molecule has 1 unspecified atom stereocenters. The number of amides is 2. The van der Waals surface area contributed by atoms with Gasteiger partial charge in [-0.3, -0.25) is 0 Å².